The summed E-state index contributed by atoms with van der Waals surface area (Å²) in [4.78, 5) is 18.3. The maximum Gasteiger partial charge on any atom is 0.280 e. The van der Waals surface area contributed by atoms with Gasteiger partial charge in [0.1, 0.15) is 5.82 Å². The number of halogens is 2. The predicted octanol–water partition coefficient (Wildman–Crippen LogP) is 2.91. The van der Waals surface area contributed by atoms with Gasteiger partial charge in [0, 0.05) is 18.1 Å². The summed E-state index contributed by atoms with van der Waals surface area (Å²) in [5, 5.41) is 12.3. The molecule has 8 nitrogen and oxygen atoms in total. The smallest absolute Gasteiger partial charge is 0.280 e. The highest BCUT2D eigenvalue weighted by molar-refractivity contribution is 6.31. The van der Waals surface area contributed by atoms with Gasteiger partial charge in [0.05, 0.1) is 17.8 Å². The van der Waals surface area contributed by atoms with Crippen LogP contribution < -0.4 is 0 Å². The Kier molecular flexibility index (Phi) is 4.61. The summed E-state index contributed by atoms with van der Waals surface area (Å²) in [7, 11) is 0. The zero-order valence-corrected chi connectivity index (χ0v) is 15.2. The zero-order chi connectivity index (χ0) is 19.0. The number of piperidine rings is 1. The number of carbonyl (C=O) groups is 1. The molecule has 1 aliphatic heterocycles. The monoisotopic (exact) mass is 390 g/mol. The molecular formula is C17H16ClFN6O2. The first-order valence-electron chi connectivity index (χ1n) is 8.48. The van der Waals surface area contributed by atoms with Crippen LogP contribution in [0.15, 0.2) is 28.9 Å². The van der Waals surface area contributed by atoms with Gasteiger partial charge in [-0.15, -0.1) is 5.10 Å². The van der Waals surface area contributed by atoms with Gasteiger partial charge in [-0.25, -0.2) is 9.07 Å². The summed E-state index contributed by atoms with van der Waals surface area (Å²) < 4.78 is 20.8. The molecule has 1 aromatic carbocycles. The number of likely N-dealkylation sites (tertiary alicyclic amines) is 1. The third kappa shape index (κ3) is 3.55. The van der Waals surface area contributed by atoms with Crippen LogP contribution in [-0.4, -0.2) is 49.0 Å². The maximum absolute atomic E-state index is 13.9. The summed E-state index contributed by atoms with van der Waals surface area (Å²) >= 11 is 5.88. The van der Waals surface area contributed by atoms with Crippen molar-refractivity contribution in [1.29, 1.82) is 0 Å². The second-order valence-electron chi connectivity index (χ2n) is 6.38. The van der Waals surface area contributed by atoms with Crippen LogP contribution in [0.25, 0.3) is 11.6 Å². The lowest BCUT2D eigenvalue weighted by Crippen LogP contribution is -2.39. The van der Waals surface area contributed by atoms with Crippen molar-refractivity contribution in [2.75, 3.05) is 13.1 Å². The van der Waals surface area contributed by atoms with E-state index in [1.807, 2.05) is 0 Å². The fourth-order valence-electron chi connectivity index (χ4n) is 3.12. The van der Waals surface area contributed by atoms with Crippen LogP contribution in [0, 0.1) is 12.7 Å². The van der Waals surface area contributed by atoms with Crippen LogP contribution in [0.5, 0.6) is 0 Å². The van der Waals surface area contributed by atoms with E-state index >= 15 is 0 Å². The Labute approximate surface area is 158 Å². The largest absolute Gasteiger partial charge is 0.338 e. The number of aryl methyl sites for hydroxylation is 1. The van der Waals surface area contributed by atoms with E-state index < -0.39 is 5.82 Å². The van der Waals surface area contributed by atoms with E-state index in [0.29, 0.717) is 48.4 Å². The number of aromatic nitrogens is 5. The first kappa shape index (κ1) is 17.6. The molecule has 140 valence electrons. The Balaban J connectivity index is 1.42. The third-order valence-corrected chi connectivity index (χ3v) is 4.78. The second-order valence-corrected chi connectivity index (χ2v) is 6.81. The average molecular weight is 391 g/mol. The first-order chi connectivity index (χ1) is 13.0. The Hall–Kier alpha value is -2.81. The molecule has 2 aromatic heterocycles. The minimum atomic E-state index is -0.567. The SMILES string of the molecule is Cc1noc(-c2cn(C3CCN(C(=O)c4cc(Cl)ccc4F)CC3)nn2)n1. The Morgan fingerprint density at radius 3 is 2.81 bits per heavy atom. The second kappa shape index (κ2) is 7.07. The van der Waals surface area contributed by atoms with Gasteiger partial charge in [0.25, 0.3) is 11.8 Å². The van der Waals surface area contributed by atoms with Crippen molar-refractivity contribution in [3.8, 4) is 11.6 Å². The van der Waals surface area contributed by atoms with Gasteiger partial charge in [-0.05, 0) is 38.0 Å². The van der Waals surface area contributed by atoms with Gasteiger partial charge in [0.2, 0.25) is 0 Å². The zero-order valence-electron chi connectivity index (χ0n) is 14.5. The molecule has 1 aliphatic rings. The minimum Gasteiger partial charge on any atom is -0.338 e. The molecule has 0 aliphatic carbocycles. The van der Waals surface area contributed by atoms with Crippen molar-refractivity contribution in [1.82, 2.24) is 30.0 Å². The highest BCUT2D eigenvalue weighted by Crippen LogP contribution is 2.25. The van der Waals surface area contributed by atoms with Crippen LogP contribution >= 0.6 is 11.6 Å². The van der Waals surface area contributed by atoms with Gasteiger partial charge >= 0.3 is 0 Å². The lowest BCUT2D eigenvalue weighted by molar-refractivity contribution is 0.0684. The summed E-state index contributed by atoms with van der Waals surface area (Å²) in [6.45, 7) is 2.71. The summed E-state index contributed by atoms with van der Waals surface area (Å²) in [6, 6.07) is 4.08. The third-order valence-electron chi connectivity index (χ3n) is 4.54. The van der Waals surface area contributed by atoms with Crippen molar-refractivity contribution in [3.63, 3.8) is 0 Å². The normalized spacial score (nSPS) is 15.3. The summed E-state index contributed by atoms with van der Waals surface area (Å²) in [6.07, 6.45) is 3.12. The van der Waals surface area contributed by atoms with E-state index in [4.69, 9.17) is 16.1 Å². The molecule has 0 spiro atoms. The molecule has 0 N–H and O–H groups in total. The number of hydrogen-bond donors (Lipinski definition) is 0. The van der Waals surface area contributed by atoms with E-state index in [1.165, 1.54) is 18.2 Å². The first-order valence-corrected chi connectivity index (χ1v) is 8.86. The maximum atomic E-state index is 13.9. The number of carbonyl (C=O) groups excluding carboxylic acids is 1. The Bertz CT molecular complexity index is 979. The Morgan fingerprint density at radius 2 is 2.11 bits per heavy atom. The van der Waals surface area contributed by atoms with Gasteiger partial charge in [-0.3, -0.25) is 4.79 Å². The van der Waals surface area contributed by atoms with E-state index in [0.717, 1.165) is 0 Å². The lowest BCUT2D eigenvalue weighted by Gasteiger charge is -2.32. The van der Waals surface area contributed by atoms with Crippen LogP contribution in [-0.2, 0) is 0 Å². The van der Waals surface area contributed by atoms with Gasteiger partial charge < -0.3 is 9.42 Å². The quantitative estimate of drug-likeness (QED) is 0.683. The molecule has 3 heterocycles. The van der Waals surface area contributed by atoms with Crippen LogP contribution in [0.3, 0.4) is 0 Å². The molecule has 0 radical (unpaired) electrons. The van der Waals surface area contributed by atoms with Crippen molar-refractivity contribution >= 4 is 17.5 Å². The van der Waals surface area contributed by atoms with Crippen molar-refractivity contribution in [2.24, 2.45) is 0 Å². The summed E-state index contributed by atoms with van der Waals surface area (Å²) in [5.74, 6) is -0.0706. The topological polar surface area (TPSA) is 89.9 Å². The molecule has 0 atom stereocenters. The number of benzene rings is 1. The van der Waals surface area contributed by atoms with Gasteiger partial charge in [-0.1, -0.05) is 22.0 Å². The molecule has 0 saturated carbocycles. The van der Waals surface area contributed by atoms with Crippen molar-refractivity contribution < 1.29 is 13.7 Å². The van der Waals surface area contributed by atoms with E-state index in [9.17, 15) is 9.18 Å². The number of nitrogens with zero attached hydrogens (tertiary/aromatic N) is 6. The predicted molar refractivity (Wildman–Crippen MR) is 93.6 cm³/mol. The molecule has 27 heavy (non-hydrogen) atoms. The van der Waals surface area contributed by atoms with Gasteiger partial charge in [0.15, 0.2) is 11.5 Å². The van der Waals surface area contributed by atoms with E-state index in [1.54, 1.807) is 22.7 Å². The number of amides is 1. The average Bonchev–Trinajstić information content (AvgIpc) is 3.32. The number of rotatable bonds is 3. The lowest BCUT2D eigenvalue weighted by atomic mass is 10.0. The highest BCUT2D eigenvalue weighted by atomic mass is 35.5. The fourth-order valence-corrected chi connectivity index (χ4v) is 3.29. The Morgan fingerprint density at radius 1 is 1.33 bits per heavy atom. The van der Waals surface area contributed by atoms with E-state index in [-0.39, 0.29) is 17.5 Å². The van der Waals surface area contributed by atoms with E-state index in [2.05, 4.69) is 20.5 Å². The molecule has 1 fully saturated rings. The molecule has 1 amide bonds. The van der Waals surface area contributed by atoms with Gasteiger partial charge in [-0.2, -0.15) is 4.98 Å². The standard InChI is InChI=1S/C17H16ClFN6O2/c1-10-20-16(27-22-10)15-9-25(23-21-15)12-4-6-24(7-5-12)17(26)13-8-11(18)2-3-14(13)19/h2-3,8-9,12H,4-7H2,1H3. The van der Waals surface area contributed by atoms with Crippen LogP contribution in [0.2, 0.25) is 5.02 Å². The molecule has 1 saturated heterocycles. The minimum absolute atomic E-state index is 0.00393. The fraction of sp³-hybridized carbons (Fsp3) is 0.353. The van der Waals surface area contributed by atoms with Crippen LogP contribution in [0.1, 0.15) is 35.1 Å². The molecule has 0 bridgehead atoms. The highest BCUT2D eigenvalue weighted by Gasteiger charge is 2.27. The molecule has 0 unspecified atom stereocenters. The number of hydrogen-bond acceptors (Lipinski definition) is 6. The van der Waals surface area contributed by atoms with Crippen molar-refractivity contribution in [3.05, 3.63) is 46.6 Å². The summed E-state index contributed by atoms with van der Waals surface area (Å²) in [5.41, 5.74) is 0.505. The van der Waals surface area contributed by atoms with Crippen LogP contribution in [0.4, 0.5) is 4.39 Å². The molecule has 3 aromatic rings. The molecule has 4 rings (SSSR count). The molecule has 10 heteroatoms. The molecular weight excluding hydrogens is 375 g/mol. The van der Waals surface area contributed by atoms with Crippen molar-refractivity contribution in [2.45, 2.75) is 25.8 Å².